The van der Waals surface area contributed by atoms with E-state index >= 15 is 0 Å². The normalized spacial score (nSPS) is 14.7. The second-order valence-corrected chi connectivity index (χ2v) is 6.87. The van der Waals surface area contributed by atoms with Gasteiger partial charge >= 0.3 is 5.97 Å². The summed E-state index contributed by atoms with van der Waals surface area (Å²) in [5.74, 6) is 0.511. The van der Waals surface area contributed by atoms with Gasteiger partial charge in [0.05, 0.1) is 0 Å². The number of anilines is 1. The molecule has 0 unspecified atom stereocenters. The first-order chi connectivity index (χ1) is 13.1. The summed E-state index contributed by atoms with van der Waals surface area (Å²) < 4.78 is 4.80. The quantitative estimate of drug-likeness (QED) is 0.761. The van der Waals surface area contributed by atoms with E-state index in [9.17, 15) is 9.59 Å². The van der Waals surface area contributed by atoms with Gasteiger partial charge < -0.3 is 15.4 Å². The van der Waals surface area contributed by atoms with Crippen molar-refractivity contribution in [1.29, 1.82) is 0 Å². The van der Waals surface area contributed by atoms with Crippen molar-refractivity contribution < 1.29 is 14.3 Å². The number of piperidine rings is 1. The van der Waals surface area contributed by atoms with Gasteiger partial charge in [0.2, 0.25) is 0 Å². The molecule has 1 aliphatic rings. The van der Waals surface area contributed by atoms with Crippen molar-refractivity contribution in [2.24, 2.45) is 11.7 Å². The zero-order valence-corrected chi connectivity index (χ0v) is 15.3. The van der Waals surface area contributed by atoms with Gasteiger partial charge in [0, 0.05) is 31.3 Å². The number of carbonyl (C=O) groups is 2. The molecule has 6 nitrogen and oxygen atoms in total. The number of carbonyl (C=O) groups excluding carboxylic acids is 2. The van der Waals surface area contributed by atoms with Gasteiger partial charge in [-0.25, -0.2) is 4.98 Å². The number of nitrogens with zero attached hydrogens (tertiary/aromatic N) is 2. The first-order valence-corrected chi connectivity index (χ1v) is 9.32. The maximum absolute atomic E-state index is 11.6. The van der Waals surface area contributed by atoms with Crippen LogP contribution in [0.15, 0.2) is 48.7 Å². The molecule has 0 bridgehead atoms. The lowest BCUT2D eigenvalue weighted by Crippen LogP contribution is -2.34. The number of hydrogen-bond donors (Lipinski definition) is 1. The van der Waals surface area contributed by atoms with Gasteiger partial charge in [-0.3, -0.25) is 9.59 Å². The number of benzene rings is 1. The van der Waals surface area contributed by atoms with E-state index < -0.39 is 5.91 Å². The molecule has 3 rings (SSSR count). The topological polar surface area (TPSA) is 85.5 Å². The second kappa shape index (κ2) is 9.16. The van der Waals surface area contributed by atoms with Crippen molar-refractivity contribution in [3.05, 3.63) is 48.7 Å². The molecule has 0 radical (unpaired) electrons. The van der Waals surface area contributed by atoms with Crippen molar-refractivity contribution in [3.63, 3.8) is 0 Å². The first-order valence-electron chi connectivity index (χ1n) is 9.32. The van der Waals surface area contributed by atoms with Crippen LogP contribution in [-0.4, -0.2) is 36.6 Å². The summed E-state index contributed by atoms with van der Waals surface area (Å²) in [4.78, 5) is 29.1. The molecule has 1 aliphatic heterocycles. The molecule has 1 saturated heterocycles. The largest absolute Gasteiger partial charge is 0.456 e. The Balaban J connectivity index is 1.45. The van der Waals surface area contributed by atoms with Crippen LogP contribution in [0.2, 0.25) is 0 Å². The zero-order chi connectivity index (χ0) is 19.1. The number of pyridine rings is 1. The first kappa shape index (κ1) is 18.9. The fourth-order valence-corrected chi connectivity index (χ4v) is 3.37. The lowest BCUT2D eigenvalue weighted by molar-refractivity contribution is -0.148. The zero-order valence-electron chi connectivity index (χ0n) is 15.3. The van der Waals surface area contributed by atoms with E-state index in [1.807, 2.05) is 24.4 Å². The van der Waals surface area contributed by atoms with E-state index in [2.05, 4.69) is 34.1 Å². The van der Waals surface area contributed by atoms with Gasteiger partial charge in [-0.2, -0.15) is 0 Å². The fraction of sp³-hybridized carbons (Fsp3) is 0.381. The number of aromatic nitrogens is 1. The highest BCUT2D eigenvalue weighted by Crippen LogP contribution is 2.26. The van der Waals surface area contributed by atoms with E-state index in [0.717, 1.165) is 43.7 Å². The summed E-state index contributed by atoms with van der Waals surface area (Å²) in [6.45, 7) is 1.53. The average molecular weight is 367 g/mol. The Kier molecular flexibility index (Phi) is 6.41. The van der Waals surface area contributed by atoms with E-state index in [0.29, 0.717) is 12.3 Å². The molecule has 0 saturated carbocycles. The minimum absolute atomic E-state index is 0.331. The maximum atomic E-state index is 11.6. The summed E-state index contributed by atoms with van der Waals surface area (Å²) in [5.41, 5.74) is 7.24. The van der Waals surface area contributed by atoms with Gasteiger partial charge in [-0.05, 0) is 42.9 Å². The number of esters is 1. The minimum atomic E-state index is -0.623. The van der Waals surface area contributed by atoms with Gasteiger partial charge in [0.15, 0.2) is 6.61 Å². The third-order valence-electron chi connectivity index (χ3n) is 4.93. The summed E-state index contributed by atoms with van der Waals surface area (Å²) in [6, 6.07) is 14.4. The Labute approximate surface area is 159 Å². The molecule has 2 aromatic rings. The molecule has 1 amide bonds. The van der Waals surface area contributed by atoms with Crippen LogP contribution in [0.4, 0.5) is 5.82 Å². The number of amides is 1. The Morgan fingerprint density at radius 2 is 1.81 bits per heavy atom. The Hall–Kier alpha value is -2.89. The van der Waals surface area contributed by atoms with E-state index in [1.54, 1.807) is 0 Å². The van der Waals surface area contributed by atoms with Gasteiger partial charge in [-0.1, -0.05) is 30.3 Å². The van der Waals surface area contributed by atoms with Crippen LogP contribution < -0.4 is 10.6 Å². The molecular weight excluding hydrogens is 342 g/mol. The summed E-state index contributed by atoms with van der Waals surface area (Å²) in [5, 5.41) is 0. The number of ether oxygens (including phenoxy) is 1. The maximum Gasteiger partial charge on any atom is 0.306 e. The monoisotopic (exact) mass is 367 g/mol. The van der Waals surface area contributed by atoms with E-state index in [-0.39, 0.29) is 12.6 Å². The Morgan fingerprint density at radius 3 is 2.44 bits per heavy atom. The van der Waals surface area contributed by atoms with E-state index in [1.165, 1.54) is 5.56 Å². The molecule has 2 heterocycles. The Morgan fingerprint density at radius 1 is 1.07 bits per heavy atom. The third kappa shape index (κ3) is 5.54. The molecule has 27 heavy (non-hydrogen) atoms. The highest BCUT2D eigenvalue weighted by atomic mass is 16.5. The van der Waals surface area contributed by atoms with E-state index in [4.69, 9.17) is 10.5 Å². The predicted octanol–water partition coefficient (Wildman–Crippen LogP) is 2.77. The van der Waals surface area contributed by atoms with Crippen molar-refractivity contribution in [3.8, 4) is 11.1 Å². The molecule has 1 aromatic heterocycles. The average Bonchev–Trinajstić information content (AvgIpc) is 2.72. The molecule has 1 fully saturated rings. The van der Waals surface area contributed by atoms with Crippen LogP contribution in [-0.2, 0) is 14.3 Å². The smallest absolute Gasteiger partial charge is 0.306 e. The van der Waals surface area contributed by atoms with Crippen molar-refractivity contribution >= 4 is 17.7 Å². The van der Waals surface area contributed by atoms with Crippen LogP contribution in [0.25, 0.3) is 11.1 Å². The molecule has 142 valence electrons. The van der Waals surface area contributed by atoms with Crippen molar-refractivity contribution in [2.45, 2.75) is 25.7 Å². The van der Waals surface area contributed by atoms with Crippen molar-refractivity contribution in [1.82, 2.24) is 4.98 Å². The number of primary amides is 1. The highest BCUT2D eigenvalue weighted by Gasteiger charge is 2.21. The Bertz CT molecular complexity index is 754. The van der Waals surface area contributed by atoms with Gasteiger partial charge in [-0.15, -0.1) is 0 Å². The van der Waals surface area contributed by atoms with Gasteiger partial charge in [0.25, 0.3) is 5.91 Å². The second-order valence-electron chi connectivity index (χ2n) is 6.87. The lowest BCUT2D eigenvalue weighted by atomic mass is 9.92. The SMILES string of the molecule is NC(=O)COC(=O)CCC1CCN(c2ccc(-c3ccccc3)cn2)CC1. The number of rotatable bonds is 7. The molecule has 0 atom stereocenters. The predicted molar refractivity (Wildman–Crippen MR) is 104 cm³/mol. The number of nitrogens with two attached hydrogens (primary N) is 1. The molecule has 2 N–H and O–H groups in total. The summed E-state index contributed by atoms with van der Waals surface area (Å²) >= 11 is 0. The molecule has 0 spiro atoms. The van der Waals surface area contributed by atoms with Crippen LogP contribution >= 0.6 is 0 Å². The number of hydrogen-bond acceptors (Lipinski definition) is 5. The highest BCUT2D eigenvalue weighted by molar-refractivity contribution is 5.78. The van der Waals surface area contributed by atoms with Crippen molar-refractivity contribution in [2.75, 3.05) is 24.6 Å². The van der Waals surface area contributed by atoms with Crippen LogP contribution in [0.3, 0.4) is 0 Å². The standard InChI is InChI=1S/C21H25N3O3/c22-19(25)15-27-21(26)9-6-16-10-12-24(13-11-16)20-8-7-18(14-23-20)17-4-2-1-3-5-17/h1-5,7-8,14,16H,6,9-13,15H2,(H2,22,25). The van der Waals surface area contributed by atoms with Crippen LogP contribution in [0.5, 0.6) is 0 Å². The van der Waals surface area contributed by atoms with Crippen LogP contribution in [0.1, 0.15) is 25.7 Å². The summed E-state index contributed by atoms with van der Waals surface area (Å²) in [6.07, 6.45) is 5.08. The van der Waals surface area contributed by atoms with Crippen LogP contribution in [0, 0.1) is 5.92 Å². The molecule has 6 heteroatoms. The molecule has 0 aliphatic carbocycles. The summed E-state index contributed by atoms with van der Waals surface area (Å²) in [7, 11) is 0. The minimum Gasteiger partial charge on any atom is -0.456 e. The van der Waals surface area contributed by atoms with Gasteiger partial charge in [0.1, 0.15) is 5.82 Å². The fourth-order valence-electron chi connectivity index (χ4n) is 3.37. The third-order valence-corrected chi connectivity index (χ3v) is 4.93. The molecule has 1 aromatic carbocycles. The lowest BCUT2D eigenvalue weighted by Gasteiger charge is -2.32. The molecular formula is C21H25N3O3.